The van der Waals surface area contributed by atoms with Crippen molar-refractivity contribution in [3.05, 3.63) is 0 Å². The first kappa shape index (κ1) is 9.65. The molecule has 2 fully saturated rings. The standard InChI is InChI=1S/C10H14O4/c11-8-6-10(13,9(12)14-8)7-4-2-1-3-5-7/h7,13H,1-6H2. The van der Waals surface area contributed by atoms with Crippen molar-refractivity contribution in [1.29, 1.82) is 0 Å². The molecule has 0 bridgehead atoms. The van der Waals surface area contributed by atoms with Crippen LogP contribution in [0.1, 0.15) is 38.5 Å². The number of aliphatic hydroxyl groups is 1. The summed E-state index contributed by atoms with van der Waals surface area (Å²) in [7, 11) is 0. The van der Waals surface area contributed by atoms with Gasteiger partial charge in [-0.1, -0.05) is 19.3 Å². The van der Waals surface area contributed by atoms with Gasteiger partial charge in [0.2, 0.25) is 0 Å². The lowest BCUT2D eigenvalue weighted by Gasteiger charge is -2.31. The molecule has 2 rings (SSSR count). The molecule has 0 spiro atoms. The van der Waals surface area contributed by atoms with Gasteiger partial charge in [0, 0.05) is 0 Å². The highest BCUT2D eigenvalue weighted by Gasteiger charge is 2.52. The molecule has 1 heterocycles. The molecule has 0 aromatic heterocycles. The van der Waals surface area contributed by atoms with Crippen LogP contribution in [0.3, 0.4) is 0 Å². The van der Waals surface area contributed by atoms with Crippen LogP contribution in [0.4, 0.5) is 0 Å². The van der Waals surface area contributed by atoms with Crippen molar-refractivity contribution >= 4 is 11.9 Å². The number of hydrogen-bond donors (Lipinski definition) is 1. The summed E-state index contributed by atoms with van der Waals surface area (Å²) in [5.74, 6) is -1.42. The summed E-state index contributed by atoms with van der Waals surface area (Å²) in [6.45, 7) is 0. The fourth-order valence-electron chi connectivity index (χ4n) is 2.41. The van der Waals surface area contributed by atoms with Crippen molar-refractivity contribution < 1.29 is 19.4 Å². The monoisotopic (exact) mass is 198 g/mol. The van der Waals surface area contributed by atoms with Gasteiger partial charge in [-0.15, -0.1) is 0 Å². The highest BCUT2D eigenvalue weighted by Crippen LogP contribution is 2.38. The van der Waals surface area contributed by atoms with E-state index in [1.54, 1.807) is 0 Å². The second-order valence-electron chi connectivity index (χ2n) is 4.20. The molecule has 1 saturated heterocycles. The average molecular weight is 198 g/mol. The molecule has 0 amide bonds. The second-order valence-corrected chi connectivity index (χ2v) is 4.20. The van der Waals surface area contributed by atoms with E-state index in [4.69, 9.17) is 0 Å². The van der Waals surface area contributed by atoms with Crippen LogP contribution in [0.5, 0.6) is 0 Å². The minimum atomic E-state index is -1.52. The van der Waals surface area contributed by atoms with Crippen LogP contribution in [0, 0.1) is 5.92 Å². The van der Waals surface area contributed by atoms with E-state index < -0.39 is 17.5 Å². The zero-order valence-electron chi connectivity index (χ0n) is 7.99. The molecule has 0 radical (unpaired) electrons. The summed E-state index contributed by atoms with van der Waals surface area (Å²) in [5.41, 5.74) is -1.52. The molecule has 14 heavy (non-hydrogen) atoms. The van der Waals surface area contributed by atoms with Gasteiger partial charge < -0.3 is 9.84 Å². The first-order valence-electron chi connectivity index (χ1n) is 5.10. The van der Waals surface area contributed by atoms with Crippen molar-refractivity contribution in [2.45, 2.75) is 44.1 Å². The average Bonchev–Trinajstić information content (AvgIpc) is 2.43. The third kappa shape index (κ3) is 1.43. The van der Waals surface area contributed by atoms with Crippen LogP contribution in [-0.4, -0.2) is 22.6 Å². The van der Waals surface area contributed by atoms with Crippen molar-refractivity contribution in [2.75, 3.05) is 0 Å². The molecular formula is C10H14O4. The third-order valence-corrected chi connectivity index (χ3v) is 3.25. The number of hydrogen-bond acceptors (Lipinski definition) is 4. The van der Waals surface area contributed by atoms with E-state index in [2.05, 4.69) is 4.74 Å². The highest BCUT2D eigenvalue weighted by molar-refractivity contribution is 5.99. The number of esters is 2. The molecule has 0 aromatic carbocycles. The number of carbonyl (C=O) groups is 2. The molecule has 1 aliphatic carbocycles. The Morgan fingerprint density at radius 2 is 1.86 bits per heavy atom. The zero-order chi connectivity index (χ0) is 10.2. The molecule has 1 unspecified atom stereocenters. The van der Waals surface area contributed by atoms with E-state index in [-0.39, 0.29) is 12.3 Å². The lowest BCUT2D eigenvalue weighted by Crippen LogP contribution is -2.43. The van der Waals surface area contributed by atoms with E-state index in [1.165, 1.54) is 0 Å². The van der Waals surface area contributed by atoms with Crippen LogP contribution >= 0.6 is 0 Å². The molecule has 1 atom stereocenters. The van der Waals surface area contributed by atoms with E-state index >= 15 is 0 Å². The molecule has 1 N–H and O–H groups in total. The number of ether oxygens (including phenoxy) is 1. The minimum Gasteiger partial charge on any atom is -0.391 e. The summed E-state index contributed by atoms with van der Waals surface area (Å²) in [6.07, 6.45) is 4.67. The molecule has 1 saturated carbocycles. The van der Waals surface area contributed by atoms with Gasteiger partial charge in [0.25, 0.3) is 0 Å². The van der Waals surface area contributed by atoms with Crippen LogP contribution in [0.2, 0.25) is 0 Å². The Hall–Kier alpha value is -0.900. The van der Waals surface area contributed by atoms with E-state index in [1.807, 2.05) is 0 Å². The Labute approximate surface area is 82.2 Å². The summed E-state index contributed by atoms with van der Waals surface area (Å²) in [5, 5.41) is 10.1. The normalized spacial score (nSPS) is 34.6. The predicted octanol–water partition coefficient (Wildman–Crippen LogP) is 0.771. The lowest BCUT2D eigenvalue weighted by atomic mass is 9.76. The lowest BCUT2D eigenvalue weighted by molar-refractivity contribution is -0.162. The Bertz CT molecular complexity index is 267. The second kappa shape index (κ2) is 3.35. The highest BCUT2D eigenvalue weighted by atomic mass is 16.6. The first-order valence-corrected chi connectivity index (χ1v) is 5.10. The summed E-state index contributed by atoms with van der Waals surface area (Å²) in [6, 6.07) is 0. The Kier molecular flexibility index (Phi) is 2.31. The largest absolute Gasteiger partial charge is 0.391 e. The summed E-state index contributed by atoms with van der Waals surface area (Å²) in [4.78, 5) is 22.2. The van der Waals surface area contributed by atoms with Crippen LogP contribution in [0.15, 0.2) is 0 Å². The smallest absolute Gasteiger partial charge is 0.346 e. The van der Waals surface area contributed by atoms with Gasteiger partial charge in [0.1, 0.15) is 0 Å². The van der Waals surface area contributed by atoms with Crippen molar-refractivity contribution in [3.63, 3.8) is 0 Å². The van der Waals surface area contributed by atoms with Crippen LogP contribution in [0.25, 0.3) is 0 Å². The maximum atomic E-state index is 11.3. The number of cyclic esters (lactones) is 2. The fourth-order valence-corrected chi connectivity index (χ4v) is 2.41. The van der Waals surface area contributed by atoms with Gasteiger partial charge in [-0.25, -0.2) is 4.79 Å². The Morgan fingerprint density at radius 3 is 2.36 bits per heavy atom. The number of carbonyl (C=O) groups excluding carboxylic acids is 2. The van der Waals surface area contributed by atoms with Gasteiger partial charge in [0.15, 0.2) is 5.60 Å². The van der Waals surface area contributed by atoms with E-state index in [0.717, 1.165) is 32.1 Å². The molecule has 0 aromatic rings. The Balaban J connectivity index is 2.14. The molecule has 1 aliphatic heterocycles. The summed E-state index contributed by atoms with van der Waals surface area (Å²) < 4.78 is 4.40. The fraction of sp³-hybridized carbons (Fsp3) is 0.800. The maximum Gasteiger partial charge on any atom is 0.346 e. The van der Waals surface area contributed by atoms with Crippen molar-refractivity contribution in [1.82, 2.24) is 0 Å². The quantitative estimate of drug-likeness (QED) is 0.499. The van der Waals surface area contributed by atoms with Gasteiger partial charge >= 0.3 is 11.9 Å². The van der Waals surface area contributed by atoms with Gasteiger partial charge in [-0.3, -0.25) is 4.79 Å². The van der Waals surface area contributed by atoms with Gasteiger partial charge in [0.05, 0.1) is 6.42 Å². The predicted molar refractivity (Wildman–Crippen MR) is 47.2 cm³/mol. The topological polar surface area (TPSA) is 63.6 Å². The first-order chi connectivity index (χ1) is 6.63. The van der Waals surface area contributed by atoms with Crippen LogP contribution in [-0.2, 0) is 14.3 Å². The van der Waals surface area contributed by atoms with Gasteiger partial charge in [-0.2, -0.15) is 0 Å². The van der Waals surface area contributed by atoms with Crippen LogP contribution < -0.4 is 0 Å². The van der Waals surface area contributed by atoms with E-state index in [0.29, 0.717) is 0 Å². The SMILES string of the molecule is O=C1CC(O)(C2CCCCC2)C(=O)O1. The minimum absolute atomic E-state index is 0.0878. The van der Waals surface area contributed by atoms with Gasteiger partial charge in [-0.05, 0) is 18.8 Å². The molecule has 4 nitrogen and oxygen atoms in total. The van der Waals surface area contributed by atoms with Crippen molar-refractivity contribution in [3.8, 4) is 0 Å². The third-order valence-electron chi connectivity index (χ3n) is 3.25. The zero-order valence-corrected chi connectivity index (χ0v) is 7.99. The van der Waals surface area contributed by atoms with E-state index in [9.17, 15) is 14.7 Å². The van der Waals surface area contributed by atoms with Crippen molar-refractivity contribution in [2.24, 2.45) is 5.92 Å². The molecule has 78 valence electrons. The molecular weight excluding hydrogens is 184 g/mol. The molecule has 4 heteroatoms. The maximum absolute atomic E-state index is 11.3. The number of rotatable bonds is 1. The molecule has 2 aliphatic rings. The Morgan fingerprint density at radius 1 is 1.21 bits per heavy atom. The summed E-state index contributed by atoms with van der Waals surface area (Å²) >= 11 is 0.